The van der Waals surface area contributed by atoms with E-state index in [4.69, 9.17) is 5.73 Å². The third-order valence-corrected chi connectivity index (χ3v) is 4.11. The zero-order valence-corrected chi connectivity index (χ0v) is 13.8. The molecule has 0 radical (unpaired) electrons. The summed E-state index contributed by atoms with van der Waals surface area (Å²) in [4.78, 5) is 13.7. The van der Waals surface area contributed by atoms with Gasteiger partial charge in [0.25, 0.3) is 0 Å². The van der Waals surface area contributed by atoms with Crippen LogP contribution in [-0.2, 0) is 10.6 Å². The molecule has 112 valence electrons. The van der Waals surface area contributed by atoms with Crippen LogP contribution in [0.4, 0.5) is 0 Å². The Hall–Kier alpha value is -0.410. The molecule has 2 rings (SSSR count). The maximum Gasteiger partial charge on any atom is 0.245 e. The normalized spacial score (nSPS) is 16.7. The van der Waals surface area contributed by atoms with Crippen LogP contribution in [-0.4, -0.2) is 40.2 Å². The standard InChI is InChI=1S/C13H17IN2O3.ClH/c14-10-5-3-9(4-6-10)13(18,19)11(15)12(17)16-7-1-2-8-16;/h3-6,11,18-19H,1-2,7-8,15H2;1H. The number of benzene rings is 1. The smallest absolute Gasteiger partial charge is 0.245 e. The number of likely N-dealkylation sites (tertiary alicyclic amines) is 1. The molecule has 7 heteroatoms. The Morgan fingerprint density at radius 2 is 1.75 bits per heavy atom. The van der Waals surface area contributed by atoms with E-state index >= 15 is 0 Å². The summed E-state index contributed by atoms with van der Waals surface area (Å²) in [7, 11) is 0. The summed E-state index contributed by atoms with van der Waals surface area (Å²) in [5, 5.41) is 20.3. The molecule has 1 atom stereocenters. The number of nitrogens with zero attached hydrogens (tertiary/aromatic N) is 1. The lowest BCUT2D eigenvalue weighted by Gasteiger charge is -2.30. The van der Waals surface area contributed by atoms with Crippen molar-refractivity contribution < 1.29 is 15.0 Å². The van der Waals surface area contributed by atoms with Gasteiger partial charge in [0.15, 0.2) is 0 Å². The van der Waals surface area contributed by atoms with E-state index in [1.807, 2.05) is 0 Å². The highest BCUT2D eigenvalue weighted by molar-refractivity contribution is 14.1. The Morgan fingerprint density at radius 3 is 2.25 bits per heavy atom. The first-order valence-corrected chi connectivity index (χ1v) is 7.26. The Balaban J connectivity index is 0.00000200. The van der Waals surface area contributed by atoms with Gasteiger partial charge in [0.1, 0.15) is 6.04 Å². The molecule has 5 nitrogen and oxygen atoms in total. The minimum atomic E-state index is -2.34. The molecule has 1 unspecified atom stereocenters. The van der Waals surface area contributed by atoms with E-state index in [-0.39, 0.29) is 18.0 Å². The van der Waals surface area contributed by atoms with Gasteiger partial charge in [0.05, 0.1) is 0 Å². The molecule has 1 saturated heterocycles. The highest BCUT2D eigenvalue weighted by Gasteiger charge is 2.41. The molecule has 0 aliphatic carbocycles. The Labute approximate surface area is 137 Å². The predicted molar refractivity (Wildman–Crippen MR) is 86.3 cm³/mol. The second-order valence-corrected chi connectivity index (χ2v) is 5.99. The van der Waals surface area contributed by atoms with Gasteiger partial charge in [0, 0.05) is 22.2 Å². The zero-order valence-electron chi connectivity index (χ0n) is 10.8. The van der Waals surface area contributed by atoms with Crippen LogP contribution in [0, 0.1) is 3.57 Å². The molecule has 1 aliphatic heterocycles. The van der Waals surface area contributed by atoms with Crippen molar-refractivity contribution in [2.75, 3.05) is 13.1 Å². The first-order chi connectivity index (χ1) is 8.93. The van der Waals surface area contributed by atoms with Crippen LogP contribution in [0.15, 0.2) is 24.3 Å². The van der Waals surface area contributed by atoms with Gasteiger partial charge < -0.3 is 20.8 Å². The number of amides is 1. The number of carbonyl (C=O) groups excluding carboxylic acids is 1. The highest BCUT2D eigenvalue weighted by Crippen LogP contribution is 2.24. The van der Waals surface area contributed by atoms with Gasteiger partial charge in [-0.15, -0.1) is 12.4 Å². The molecule has 0 saturated carbocycles. The molecule has 1 aromatic carbocycles. The van der Waals surface area contributed by atoms with Crippen molar-refractivity contribution in [2.45, 2.75) is 24.7 Å². The highest BCUT2D eigenvalue weighted by atomic mass is 127. The summed E-state index contributed by atoms with van der Waals surface area (Å²) in [6, 6.07) is 5.25. The van der Waals surface area contributed by atoms with E-state index in [0.717, 1.165) is 16.4 Å². The van der Waals surface area contributed by atoms with Crippen molar-refractivity contribution >= 4 is 40.9 Å². The average Bonchev–Trinajstić information content (AvgIpc) is 2.91. The maximum atomic E-state index is 12.1. The fraction of sp³-hybridized carbons (Fsp3) is 0.462. The van der Waals surface area contributed by atoms with Crippen LogP contribution >= 0.6 is 35.0 Å². The van der Waals surface area contributed by atoms with Crippen molar-refractivity contribution in [3.05, 3.63) is 33.4 Å². The van der Waals surface area contributed by atoms with Gasteiger partial charge >= 0.3 is 0 Å². The molecule has 1 amide bonds. The van der Waals surface area contributed by atoms with Gasteiger partial charge in [0.2, 0.25) is 11.7 Å². The summed E-state index contributed by atoms with van der Waals surface area (Å²) in [5.41, 5.74) is 5.98. The van der Waals surface area contributed by atoms with Gasteiger partial charge in [-0.2, -0.15) is 0 Å². The van der Waals surface area contributed by atoms with E-state index in [0.29, 0.717) is 13.1 Å². The van der Waals surface area contributed by atoms with Crippen LogP contribution < -0.4 is 5.73 Å². The van der Waals surface area contributed by atoms with Crippen LogP contribution in [0.1, 0.15) is 18.4 Å². The Kier molecular flexibility index (Phi) is 6.21. The number of aliphatic hydroxyl groups is 2. The number of hydrogen-bond acceptors (Lipinski definition) is 4. The summed E-state index contributed by atoms with van der Waals surface area (Å²) < 4.78 is 0.969. The minimum absolute atomic E-state index is 0. The average molecular weight is 413 g/mol. The van der Waals surface area contributed by atoms with Gasteiger partial charge in [-0.1, -0.05) is 12.1 Å². The molecule has 1 fully saturated rings. The van der Waals surface area contributed by atoms with Gasteiger partial charge in [-0.25, -0.2) is 0 Å². The predicted octanol–water partition coefficient (Wildman–Crippen LogP) is 0.800. The van der Waals surface area contributed by atoms with Crippen LogP contribution in [0.3, 0.4) is 0 Å². The molecular formula is C13H18ClIN2O3. The number of halogens is 2. The largest absolute Gasteiger partial charge is 0.360 e. The van der Waals surface area contributed by atoms with E-state index in [1.54, 1.807) is 29.2 Å². The van der Waals surface area contributed by atoms with E-state index in [9.17, 15) is 15.0 Å². The summed E-state index contributed by atoms with van der Waals surface area (Å²) in [6.45, 7) is 1.27. The minimum Gasteiger partial charge on any atom is -0.360 e. The van der Waals surface area contributed by atoms with Crippen LogP contribution in [0.5, 0.6) is 0 Å². The second-order valence-electron chi connectivity index (χ2n) is 4.74. The lowest BCUT2D eigenvalue weighted by molar-refractivity contribution is -0.193. The maximum absolute atomic E-state index is 12.1. The Bertz CT molecular complexity index is 461. The first-order valence-electron chi connectivity index (χ1n) is 6.18. The van der Waals surface area contributed by atoms with Gasteiger partial charge in [-0.3, -0.25) is 4.79 Å². The molecule has 1 aliphatic rings. The van der Waals surface area contributed by atoms with Crippen molar-refractivity contribution in [3.8, 4) is 0 Å². The SMILES string of the molecule is Cl.NC(C(=O)N1CCCC1)C(O)(O)c1ccc(I)cc1. The number of rotatable bonds is 3. The van der Waals surface area contributed by atoms with E-state index < -0.39 is 17.7 Å². The molecule has 1 heterocycles. The van der Waals surface area contributed by atoms with Crippen LogP contribution in [0.25, 0.3) is 0 Å². The molecule has 20 heavy (non-hydrogen) atoms. The van der Waals surface area contributed by atoms with Crippen LogP contribution in [0.2, 0.25) is 0 Å². The second kappa shape index (κ2) is 7.04. The molecule has 0 bridgehead atoms. The molecule has 0 spiro atoms. The zero-order chi connectivity index (χ0) is 14.0. The lowest BCUT2D eigenvalue weighted by atomic mass is 9.98. The number of nitrogens with two attached hydrogens (primary N) is 1. The molecule has 0 aromatic heterocycles. The van der Waals surface area contributed by atoms with Crippen molar-refractivity contribution in [2.24, 2.45) is 5.73 Å². The number of hydrogen-bond donors (Lipinski definition) is 3. The lowest BCUT2D eigenvalue weighted by Crippen LogP contribution is -2.55. The van der Waals surface area contributed by atoms with Crippen molar-refractivity contribution in [3.63, 3.8) is 0 Å². The summed E-state index contributed by atoms with van der Waals surface area (Å²) in [6.07, 6.45) is 1.87. The molecule has 4 N–H and O–H groups in total. The topological polar surface area (TPSA) is 86.8 Å². The summed E-state index contributed by atoms with van der Waals surface area (Å²) >= 11 is 2.12. The fourth-order valence-electron chi connectivity index (χ4n) is 2.18. The monoisotopic (exact) mass is 412 g/mol. The fourth-order valence-corrected chi connectivity index (χ4v) is 2.54. The van der Waals surface area contributed by atoms with Gasteiger partial charge in [-0.05, 0) is 47.6 Å². The molecule has 1 aromatic rings. The quantitative estimate of drug-likeness (QED) is 0.506. The van der Waals surface area contributed by atoms with E-state index in [1.165, 1.54) is 0 Å². The third kappa shape index (κ3) is 3.62. The third-order valence-electron chi connectivity index (χ3n) is 3.39. The number of carbonyl (C=O) groups is 1. The Morgan fingerprint density at radius 1 is 1.25 bits per heavy atom. The van der Waals surface area contributed by atoms with E-state index in [2.05, 4.69) is 22.6 Å². The van der Waals surface area contributed by atoms with Crippen molar-refractivity contribution in [1.82, 2.24) is 4.90 Å². The first kappa shape index (κ1) is 17.6. The molecular weight excluding hydrogens is 395 g/mol. The van der Waals surface area contributed by atoms with Crippen molar-refractivity contribution in [1.29, 1.82) is 0 Å². The summed E-state index contributed by atoms with van der Waals surface area (Å²) in [5.74, 6) is -2.76.